The van der Waals surface area contributed by atoms with E-state index in [4.69, 9.17) is 0 Å². The number of alkyl halides is 3. The monoisotopic (exact) mass is 442 g/mol. The molecule has 0 fully saturated rings. The zero-order valence-corrected chi connectivity index (χ0v) is 15.0. The van der Waals surface area contributed by atoms with Crippen LogP contribution in [0.15, 0.2) is 49.7 Å². The van der Waals surface area contributed by atoms with Gasteiger partial charge in [0, 0.05) is 16.3 Å². The Morgan fingerprint density at radius 3 is 2.42 bits per heavy atom. The van der Waals surface area contributed by atoms with Crippen molar-refractivity contribution in [3.05, 3.63) is 50.9 Å². The maximum atomic E-state index is 12.6. The number of H-pyrrole nitrogens is 1. The van der Waals surface area contributed by atoms with E-state index in [2.05, 4.69) is 25.9 Å². The second kappa shape index (κ2) is 7.28. The maximum absolute atomic E-state index is 12.6. The highest BCUT2D eigenvalue weighted by Gasteiger charge is 2.33. The lowest BCUT2D eigenvalue weighted by atomic mass is 10.4. The first-order chi connectivity index (χ1) is 11.1. The minimum absolute atomic E-state index is 0.0529. The van der Waals surface area contributed by atoms with Gasteiger partial charge in [0.1, 0.15) is 0 Å². The molecule has 0 radical (unpaired) electrons. The first-order valence-corrected chi connectivity index (χ1v) is 9.81. The van der Waals surface area contributed by atoms with Gasteiger partial charge in [0.25, 0.3) is 5.56 Å². The molecule has 0 aliphatic heterocycles. The molecule has 0 saturated heterocycles. The lowest BCUT2D eigenvalue weighted by Crippen LogP contribution is -2.17. The van der Waals surface area contributed by atoms with Gasteiger partial charge in [0.2, 0.25) is 0 Å². The molecule has 1 aromatic carbocycles. The van der Waals surface area contributed by atoms with Gasteiger partial charge in [0.05, 0.1) is 10.6 Å². The quantitative estimate of drug-likeness (QED) is 0.568. The van der Waals surface area contributed by atoms with Crippen molar-refractivity contribution in [2.45, 2.75) is 16.2 Å². The van der Waals surface area contributed by atoms with E-state index in [-0.39, 0.29) is 21.6 Å². The number of hydrogen-bond acceptors (Lipinski definition) is 5. The molecule has 0 saturated carbocycles. The van der Waals surface area contributed by atoms with E-state index in [9.17, 15) is 26.4 Å². The molecule has 1 N–H and O–H groups in total. The van der Waals surface area contributed by atoms with Crippen LogP contribution in [0.25, 0.3) is 0 Å². The Morgan fingerprint density at radius 2 is 1.83 bits per heavy atom. The summed E-state index contributed by atoms with van der Waals surface area (Å²) in [6.45, 7) is 0. The molecule has 2 aromatic rings. The van der Waals surface area contributed by atoms with Crippen LogP contribution in [-0.2, 0) is 16.0 Å². The highest BCUT2D eigenvalue weighted by atomic mass is 79.9. The summed E-state index contributed by atoms with van der Waals surface area (Å²) in [5.41, 5.74) is -2.26. The molecule has 0 unspecified atom stereocenters. The van der Waals surface area contributed by atoms with Crippen LogP contribution in [0.3, 0.4) is 0 Å². The normalized spacial score (nSPS) is 12.3. The molecule has 0 atom stereocenters. The van der Waals surface area contributed by atoms with Crippen molar-refractivity contribution in [1.82, 2.24) is 9.97 Å². The smallest absolute Gasteiger partial charge is 0.301 e. The Kier molecular flexibility index (Phi) is 5.76. The zero-order chi connectivity index (χ0) is 18.0. The largest absolute Gasteiger partial charge is 0.433 e. The predicted octanol–water partition coefficient (Wildman–Crippen LogP) is 3.12. The Labute approximate surface area is 147 Å². The topological polar surface area (TPSA) is 79.9 Å². The summed E-state index contributed by atoms with van der Waals surface area (Å²) in [4.78, 5) is 16.8. The molecule has 5 nitrogen and oxygen atoms in total. The molecule has 0 amide bonds. The average Bonchev–Trinajstić information content (AvgIpc) is 2.46. The van der Waals surface area contributed by atoms with Crippen molar-refractivity contribution in [1.29, 1.82) is 0 Å². The van der Waals surface area contributed by atoms with Gasteiger partial charge in [-0.2, -0.15) is 13.2 Å². The van der Waals surface area contributed by atoms with E-state index >= 15 is 0 Å². The molecule has 0 aliphatic rings. The first kappa shape index (κ1) is 19.0. The van der Waals surface area contributed by atoms with Crippen molar-refractivity contribution >= 4 is 37.5 Å². The molecule has 0 spiro atoms. The lowest BCUT2D eigenvalue weighted by Gasteiger charge is -2.07. The minimum Gasteiger partial charge on any atom is -0.301 e. The molecule has 1 aromatic heterocycles. The minimum atomic E-state index is -4.74. The third kappa shape index (κ3) is 5.08. The van der Waals surface area contributed by atoms with Gasteiger partial charge in [-0.1, -0.05) is 27.7 Å². The third-order valence-electron chi connectivity index (χ3n) is 2.77. The van der Waals surface area contributed by atoms with Crippen LogP contribution in [0.2, 0.25) is 0 Å². The van der Waals surface area contributed by atoms with Gasteiger partial charge in [-0.25, -0.2) is 13.4 Å². The number of nitrogens with one attached hydrogen (secondary N) is 1. The summed E-state index contributed by atoms with van der Waals surface area (Å²) in [6, 6.07) is 6.35. The Hall–Kier alpha value is -1.33. The molecule has 2 rings (SSSR count). The van der Waals surface area contributed by atoms with Gasteiger partial charge in [0.15, 0.2) is 20.7 Å². The summed E-state index contributed by atoms with van der Waals surface area (Å²) in [5.74, 6) is -0.359. The van der Waals surface area contributed by atoms with E-state index in [1.165, 1.54) is 12.1 Å². The predicted molar refractivity (Wildman–Crippen MR) is 86.8 cm³/mol. The van der Waals surface area contributed by atoms with Gasteiger partial charge < -0.3 is 4.98 Å². The van der Waals surface area contributed by atoms with Crippen molar-refractivity contribution in [2.75, 3.05) is 11.5 Å². The molecule has 24 heavy (non-hydrogen) atoms. The summed E-state index contributed by atoms with van der Waals surface area (Å²) < 4.78 is 62.7. The van der Waals surface area contributed by atoms with E-state index in [1.807, 2.05) is 0 Å². The summed E-state index contributed by atoms with van der Waals surface area (Å²) in [7, 11) is -3.58. The standard InChI is InChI=1S/C13H10BrF3N2O3S2/c14-8-1-3-9(4-2-8)24(21,22)6-5-23-12-18-10(13(15,16)17)7-11(20)19-12/h1-4,7H,5-6H2,(H,18,19,20). The summed E-state index contributed by atoms with van der Waals surface area (Å²) >= 11 is 3.93. The number of aromatic nitrogens is 2. The molecule has 0 aliphatic carbocycles. The van der Waals surface area contributed by atoms with Gasteiger partial charge >= 0.3 is 6.18 Å². The third-order valence-corrected chi connectivity index (χ3v) is 6.17. The Morgan fingerprint density at radius 1 is 1.21 bits per heavy atom. The van der Waals surface area contributed by atoms with E-state index < -0.39 is 27.3 Å². The van der Waals surface area contributed by atoms with Gasteiger partial charge in [-0.05, 0) is 24.3 Å². The summed E-state index contributed by atoms with van der Waals surface area (Å²) in [6.07, 6.45) is -4.74. The molecular formula is C13H10BrF3N2O3S2. The molecule has 1 heterocycles. The van der Waals surface area contributed by atoms with E-state index in [0.717, 1.165) is 16.2 Å². The van der Waals surface area contributed by atoms with Gasteiger partial charge in [-0.3, -0.25) is 4.79 Å². The fourth-order valence-corrected chi connectivity index (χ4v) is 4.45. The highest BCUT2D eigenvalue weighted by Crippen LogP contribution is 2.27. The second-order valence-electron chi connectivity index (χ2n) is 4.55. The average molecular weight is 443 g/mol. The Bertz CT molecular complexity index is 881. The maximum Gasteiger partial charge on any atom is 0.433 e. The molecule has 11 heteroatoms. The number of sulfone groups is 1. The van der Waals surface area contributed by atoms with Crippen LogP contribution in [0.5, 0.6) is 0 Å². The lowest BCUT2D eigenvalue weighted by molar-refractivity contribution is -0.141. The van der Waals surface area contributed by atoms with Crippen LogP contribution in [0, 0.1) is 0 Å². The van der Waals surface area contributed by atoms with Crippen LogP contribution < -0.4 is 5.56 Å². The van der Waals surface area contributed by atoms with Crippen LogP contribution in [-0.4, -0.2) is 29.9 Å². The van der Waals surface area contributed by atoms with Gasteiger partial charge in [-0.15, -0.1) is 0 Å². The highest BCUT2D eigenvalue weighted by molar-refractivity contribution is 9.10. The van der Waals surface area contributed by atoms with Crippen LogP contribution >= 0.6 is 27.7 Å². The Balaban J connectivity index is 2.08. The number of nitrogens with zero attached hydrogens (tertiary/aromatic N) is 1. The van der Waals surface area contributed by atoms with Crippen molar-refractivity contribution in [3.8, 4) is 0 Å². The van der Waals surface area contributed by atoms with Crippen molar-refractivity contribution < 1.29 is 21.6 Å². The molecular weight excluding hydrogens is 433 g/mol. The number of aromatic amines is 1. The van der Waals surface area contributed by atoms with E-state index in [0.29, 0.717) is 6.07 Å². The van der Waals surface area contributed by atoms with Crippen molar-refractivity contribution in [2.24, 2.45) is 0 Å². The molecule has 130 valence electrons. The molecule has 0 bridgehead atoms. The number of hydrogen-bond donors (Lipinski definition) is 1. The van der Waals surface area contributed by atoms with Crippen LogP contribution in [0.4, 0.5) is 13.2 Å². The van der Waals surface area contributed by atoms with E-state index in [1.54, 1.807) is 12.1 Å². The number of halogens is 4. The SMILES string of the molecule is O=c1cc(C(F)(F)F)nc(SCCS(=O)(=O)c2ccc(Br)cc2)[nH]1. The second-order valence-corrected chi connectivity index (χ2v) is 8.66. The van der Waals surface area contributed by atoms with Crippen molar-refractivity contribution in [3.63, 3.8) is 0 Å². The number of thioether (sulfide) groups is 1. The number of rotatable bonds is 5. The zero-order valence-electron chi connectivity index (χ0n) is 11.8. The summed E-state index contributed by atoms with van der Waals surface area (Å²) in [5, 5.41) is -0.277. The fourth-order valence-electron chi connectivity index (χ4n) is 1.66. The van der Waals surface area contributed by atoms with Crippen LogP contribution in [0.1, 0.15) is 5.69 Å². The fraction of sp³-hybridized carbons (Fsp3) is 0.231. The number of benzene rings is 1. The first-order valence-electron chi connectivity index (χ1n) is 6.37.